The molecule has 0 spiro atoms. The number of nitrogens with zero attached hydrogens (tertiary/aromatic N) is 2. The maximum Gasteiger partial charge on any atom is 0.0637 e. The molecular weight excluding hydrogens is 238 g/mol. The normalized spacial score (nSPS) is 23.2. The Bertz CT molecular complexity index is 599. The quantitative estimate of drug-likeness (QED) is 0.808. The summed E-state index contributed by atoms with van der Waals surface area (Å²) in [5.41, 5.74) is 7.92. The zero-order chi connectivity index (χ0) is 13.4. The predicted octanol–water partition coefficient (Wildman–Crippen LogP) is 2.02. The Morgan fingerprint density at radius 1 is 1.37 bits per heavy atom. The molecule has 100 valence electrons. The van der Waals surface area contributed by atoms with Crippen LogP contribution in [0.2, 0.25) is 0 Å². The Balaban J connectivity index is 2.13. The number of aliphatic hydroxyl groups is 1. The van der Waals surface area contributed by atoms with Crippen LogP contribution in [0.15, 0.2) is 30.6 Å². The van der Waals surface area contributed by atoms with E-state index in [0.29, 0.717) is 5.92 Å². The molecule has 3 N–H and O–H groups in total. The average molecular weight is 257 g/mol. The topological polar surface area (TPSA) is 62.4 Å². The molecule has 0 saturated carbocycles. The number of aliphatic hydroxyl groups excluding tert-OH is 1. The highest BCUT2D eigenvalue weighted by molar-refractivity contribution is 6.01. The second kappa shape index (κ2) is 4.70. The number of nitrogen functional groups attached to an aromatic ring is 1. The van der Waals surface area contributed by atoms with Gasteiger partial charge >= 0.3 is 0 Å². The van der Waals surface area contributed by atoms with Crippen molar-refractivity contribution in [1.29, 1.82) is 0 Å². The molecule has 2 unspecified atom stereocenters. The highest BCUT2D eigenvalue weighted by Gasteiger charge is 2.31. The number of benzene rings is 1. The molecule has 0 radical (unpaired) electrons. The van der Waals surface area contributed by atoms with E-state index in [1.165, 1.54) is 0 Å². The standard InChI is InChI=1S/C15H19N3O/c1-10-5-7-18(15(10)9-19)14-3-2-13(16)11-4-6-17-8-12(11)14/h2-4,6,8,10,15,19H,5,7,9,16H2,1H3. The zero-order valence-corrected chi connectivity index (χ0v) is 11.1. The van der Waals surface area contributed by atoms with Crippen LogP contribution >= 0.6 is 0 Å². The van der Waals surface area contributed by atoms with Crippen LogP contribution in [0.5, 0.6) is 0 Å². The van der Waals surface area contributed by atoms with Crippen LogP contribution in [0.1, 0.15) is 13.3 Å². The van der Waals surface area contributed by atoms with Crippen LogP contribution < -0.4 is 10.6 Å². The summed E-state index contributed by atoms with van der Waals surface area (Å²) in [5.74, 6) is 0.509. The van der Waals surface area contributed by atoms with Gasteiger partial charge in [-0.1, -0.05) is 6.92 Å². The first-order valence-electron chi connectivity index (χ1n) is 6.72. The number of fused-ring (bicyclic) bond motifs is 1. The van der Waals surface area contributed by atoms with Gasteiger partial charge in [0.05, 0.1) is 12.6 Å². The van der Waals surface area contributed by atoms with E-state index in [0.717, 1.165) is 35.1 Å². The van der Waals surface area contributed by atoms with Crippen molar-refractivity contribution >= 4 is 22.1 Å². The van der Waals surface area contributed by atoms with Gasteiger partial charge in [0.1, 0.15) is 0 Å². The fourth-order valence-corrected chi connectivity index (χ4v) is 3.03. The van der Waals surface area contributed by atoms with Crippen molar-refractivity contribution in [3.63, 3.8) is 0 Å². The van der Waals surface area contributed by atoms with Crippen molar-refractivity contribution in [3.8, 4) is 0 Å². The van der Waals surface area contributed by atoms with E-state index < -0.39 is 0 Å². The fraction of sp³-hybridized carbons (Fsp3) is 0.400. The molecule has 19 heavy (non-hydrogen) atoms. The van der Waals surface area contributed by atoms with Crippen molar-refractivity contribution in [2.24, 2.45) is 5.92 Å². The number of nitrogens with two attached hydrogens (primary N) is 1. The Labute approximate surface area is 112 Å². The lowest BCUT2D eigenvalue weighted by atomic mass is 10.0. The Kier molecular flexibility index (Phi) is 3.03. The van der Waals surface area contributed by atoms with Gasteiger partial charge in [-0.25, -0.2) is 0 Å². The van der Waals surface area contributed by atoms with Crippen LogP contribution in [0.3, 0.4) is 0 Å². The van der Waals surface area contributed by atoms with Crippen LogP contribution in [-0.2, 0) is 0 Å². The number of rotatable bonds is 2. The fourth-order valence-electron chi connectivity index (χ4n) is 3.03. The molecule has 1 saturated heterocycles. The van der Waals surface area contributed by atoms with Crippen molar-refractivity contribution in [2.75, 3.05) is 23.8 Å². The van der Waals surface area contributed by atoms with Crippen LogP contribution in [0.4, 0.5) is 11.4 Å². The summed E-state index contributed by atoms with van der Waals surface area (Å²) in [5, 5.41) is 11.7. The Hall–Kier alpha value is -1.81. The first-order valence-corrected chi connectivity index (χ1v) is 6.72. The molecule has 1 fully saturated rings. The molecule has 3 rings (SSSR count). The molecule has 1 aliphatic heterocycles. The first-order chi connectivity index (χ1) is 9.22. The number of pyridine rings is 1. The predicted molar refractivity (Wildman–Crippen MR) is 78.2 cm³/mol. The van der Waals surface area contributed by atoms with Crippen LogP contribution in [-0.4, -0.2) is 29.3 Å². The van der Waals surface area contributed by atoms with Gasteiger partial charge in [-0.15, -0.1) is 0 Å². The third kappa shape index (κ3) is 1.92. The highest BCUT2D eigenvalue weighted by atomic mass is 16.3. The maximum absolute atomic E-state index is 9.61. The summed E-state index contributed by atoms with van der Waals surface area (Å²) in [6.07, 6.45) is 4.73. The summed E-state index contributed by atoms with van der Waals surface area (Å²) in [4.78, 5) is 6.50. The van der Waals surface area contributed by atoms with Crippen molar-refractivity contribution in [2.45, 2.75) is 19.4 Å². The number of aromatic nitrogens is 1. The molecule has 4 nitrogen and oxygen atoms in total. The minimum Gasteiger partial charge on any atom is -0.398 e. The Morgan fingerprint density at radius 2 is 2.21 bits per heavy atom. The van der Waals surface area contributed by atoms with E-state index in [9.17, 15) is 5.11 Å². The van der Waals surface area contributed by atoms with E-state index in [-0.39, 0.29) is 12.6 Å². The minimum absolute atomic E-state index is 0.187. The van der Waals surface area contributed by atoms with Gasteiger partial charge in [0.2, 0.25) is 0 Å². The molecule has 2 atom stereocenters. The molecule has 4 heteroatoms. The van der Waals surface area contributed by atoms with Crippen LogP contribution in [0.25, 0.3) is 10.8 Å². The molecule has 0 bridgehead atoms. The zero-order valence-electron chi connectivity index (χ0n) is 11.1. The molecule has 2 heterocycles. The monoisotopic (exact) mass is 257 g/mol. The van der Waals surface area contributed by atoms with Gasteiger partial charge in [0.15, 0.2) is 0 Å². The van der Waals surface area contributed by atoms with E-state index >= 15 is 0 Å². The largest absolute Gasteiger partial charge is 0.398 e. The van der Waals surface area contributed by atoms with E-state index in [1.54, 1.807) is 6.20 Å². The summed E-state index contributed by atoms with van der Waals surface area (Å²) >= 11 is 0. The lowest BCUT2D eigenvalue weighted by molar-refractivity contribution is 0.245. The van der Waals surface area contributed by atoms with Gasteiger partial charge in [0.25, 0.3) is 0 Å². The number of anilines is 2. The average Bonchev–Trinajstić information content (AvgIpc) is 2.80. The summed E-state index contributed by atoms with van der Waals surface area (Å²) < 4.78 is 0. The number of hydrogen-bond acceptors (Lipinski definition) is 4. The van der Waals surface area contributed by atoms with E-state index in [1.807, 2.05) is 24.4 Å². The lowest BCUT2D eigenvalue weighted by Gasteiger charge is -2.28. The second-order valence-corrected chi connectivity index (χ2v) is 5.30. The molecule has 2 aromatic rings. The molecule has 0 amide bonds. The second-order valence-electron chi connectivity index (χ2n) is 5.30. The van der Waals surface area contributed by atoms with Gasteiger partial charge in [-0.2, -0.15) is 0 Å². The first kappa shape index (κ1) is 12.2. The molecular formula is C15H19N3O. The number of hydrogen-bond donors (Lipinski definition) is 2. The van der Waals surface area contributed by atoms with Gasteiger partial charge in [-0.3, -0.25) is 4.98 Å². The van der Waals surface area contributed by atoms with E-state index in [4.69, 9.17) is 5.73 Å². The van der Waals surface area contributed by atoms with Gasteiger partial charge in [-0.05, 0) is 30.5 Å². The third-order valence-corrected chi connectivity index (χ3v) is 4.21. The SMILES string of the molecule is CC1CCN(c2ccc(N)c3ccncc23)C1CO. The third-order valence-electron chi connectivity index (χ3n) is 4.21. The molecule has 1 aromatic heterocycles. The van der Waals surface area contributed by atoms with Crippen molar-refractivity contribution in [3.05, 3.63) is 30.6 Å². The molecule has 1 aliphatic rings. The minimum atomic E-state index is 0.187. The molecule has 0 aliphatic carbocycles. The van der Waals surface area contributed by atoms with Crippen LogP contribution in [0, 0.1) is 5.92 Å². The van der Waals surface area contributed by atoms with Gasteiger partial charge in [0, 0.05) is 41.1 Å². The smallest absolute Gasteiger partial charge is 0.0637 e. The van der Waals surface area contributed by atoms with Crippen molar-refractivity contribution in [1.82, 2.24) is 4.98 Å². The van der Waals surface area contributed by atoms with E-state index in [2.05, 4.69) is 16.8 Å². The summed E-state index contributed by atoms with van der Waals surface area (Å²) in [6, 6.07) is 6.11. The van der Waals surface area contributed by atoms with Gasteiger partial charge < -0.3 is 15.7 Å². The molecule has 1 aromatic carbocycles. The van der Waals surface area contributed by atoms with Crippen molar-refractivity contribution < 1.29 is 5.11 Å². The highest BCUT2D eigenvalue weighted by Crippen LogP contribution is 2.36. The lowest BCUT2D eigenvalue weighted by Crippen LogP contribution is -2.35. The summed E-state index contributed by atoms with van der Waals surface area (Å²) in [7, 11) is 0. The Morgan fingerprint density at radius 3 is 3.00 bits per heavy atom. The summed E-state index contributed by atoms with van der Waals surface area (Å²) in [6.45, 7) is 3.35. The maximum atomic E-state index is 9.61.